The molecule has 0 aromatic heterocycles. The van der Waals surface area contributed by atoms with E-state index in [-0.39, 0.29) is 17.4 Å². The molecule has 18 heavy (non-hydrogen) atoms. The zero-order valence-electron chi connectivity index (χ0n) is 10.3. The van der Waals surface area contributed by atoms with Crippen LogP contribution in [0, 0.1) is 0 Å². The number of fused-ring (bicyclic) bond motifs is 1. The van der Waals surface area contributed by atoms with E-state index in [2.05, 4.69) is 5.32 Å². The Morgan fingerprint density at radius 1 is 1.44 bits per heavy atom. The van der Waals surface area contributed by atoms with Gasteiger partial charge in [0.25, 0.3) is 0 Å². The number of rotatable bonds is 3. The summed E-state index contributed by atoms with van der Waals surface area (Å²) in [5, 5.41) is 3.12. The minimum absolute atomic E-state index is 0.0464. The molecule has 1 aromatic rings. The van der Waals surface area contributed by atoms with Gasteiger partial charge in [-0.15, -0.1) is 0 Å². The lowest BCUT2D eigenvalue weighted by atomic mass is 9.76. The first-order valence-corrected chi connectivity index (χ1v) is 6.48. The number of amides is 1. The second kappa shape index (κ2) is 4.28. The van der Waals surface area contributed by atoms with Gasteiger partial charge in [0.05, 0.1) is 5.54 Å². The van der Waals surface area contributed by atoms with Crippen molar-refractivity contribution < 1.29 is 9.53 Å². The van der Waals surface area contributed by atoms with Crippen LogP contribution in [0.4, 0.5) is 0 Å². The van der Waals surface area contributed by atoms with Crippen LogP contribution in [-0.2, 0) is 4.79 Å². The Morgan fingerprint density at radius 3 is 2.89 bits per heavy atom. The van der Waals surface area contributed by atoms with Crippen molar-refractivity contribution in [1.82, 2.24) is 5.32 Å². The van der Waals surface area contributed by atoms with Crippen LogP contribution >= 0.6 is 0 Å². The average molecular weight is 246 g/mol. The molecule has 1 fully saturated rings. The molecule has 1 aliphatic carbocycles. The fourth-order valence-corrected chi connectivity index (χ4v) is 2.71. The zero-order chi connectivity index (χ0) is 12.6. The normalized spacial score (nSPS) is 23.7. The molecule has 3 N–H and O–H groups in total. The van der Waals surface area contributed by atoms with Crippen molar-refractivity contribution >= 4 is 5.91 Å². The van der Waals surface area contributed by atoms with Crippen molar-refractivity contribution in [3.63, 3.8) is 0 Å². The van der Waals surface area contributed by atoms with Crippen molar-refractivity contribution in [1.29, 1.82) is 0 Å². The van der Waals surface area contributed by atoms with Crippen LogP contribution in [0.2, 0.25) is 0 Å². The number of carbonyl (C=O) groups is 1. The molecule has 0 saturated heterocycles. The lowest BCUT2D eigenvalue weighted by molar-refractivity contribution is -0.125. The summed E-state index contributed by atoms with van der Waals surface area (Å²) >= 11 is 0. The molecule has 1 unspecified atom stereocenters. The number of carbonyl (C=O) groups excluding carboxylic acids is 1. The molecule has 3 rings (SSSR count). The lowest BCUT2D eigenvalue weighted by Gasteiger charge is -2.42. The van der Waals surface area contributed by atoms with Gasteiger partial charge in [0.15, 0.2) is 0 Å². The minimum atomic E-state index is -0.190. The van der Waals surface area contributed by atoms with Crippen molar-refractivity contribution in [2.24, 2.45) is 5.73 Å². The molecule has 4 nitrogen and oxygen atoms in total. The number of ether oxygens (including phenoxy) is 1. The van der Waals surface area contributed by atoms with E-state index in [0.717, 1.165) is 30.6 Å². The van der Waals surface area contributed by atoms with Crippen LogP contribution in [0.3, 0.4) is 0 Å². The van der Waals surface area contributed by atoms with E-state index in [4.69, 9.17) is 10.5 Å². The highest BCUT2D eigenvalue weighted by molar-refractivity contribution is 5.86. The van der Waals surface area contributed by atoms with Gasteiger partial charge in [0.1, 0.15) is 18.3 Å². The molecule has 1 heterocycles. The smallest absolute Gasteiger partial charge is 0.231 e. The molecule has 1 saturated carbocycles. The quantitative estimate of drug-likeness (QED) is 0.841. The number of para-hydroxylation sites is 1. The maximum Gasteiger partial charge on any atom is 0.231 e. The Hall–Kier alpha value is -1.55. The van der Waals surface area contributed by atoms with Crippen molar-refractivity contribution in [2.45, 2.75) is 30.7 Å². The first-order valence-electron chi connectivity index (χ1n) is 6.48. The van der Waals surface area contributed by atoms with Crippen molar-refractivity contribution in [2.75, 3.05) is 13.2 Å². The van der Waals surface area contributed by atoms with E-state index in [1.807, 2.05) is 24.3 Å². The first kappa shape index (κ1) is 11.5. The van der Waals surface area contributed by atoms with Gasteiger partial charge in [0.2, 0.25) is 5.91 Å². The van der Waals surface area contributed by atoms with Gasteiger partial charge in [-0.05, 0) is 25.3 Å². The number of hydrogen-bond acceptors (Lipinski definition) is 3. The third-order valence-electron chi connectivity index (χ3n) is 4.11. The Labute approximate surface area is 107 Å². The third-order valence-corrected chi connectivity index (χ3v) is 4.11. The average Bonchev–Trinajstić information content (AvgIpc) is 2.77. The third kappa shape index (κ3) is 1.77. The summed E-state index contributed by atoms with van der Waals surface area (Å²) in [7, 11) is 0. The summed E-state index contributed by atoms with van der Waals surface area (Å²) in [5.74, 6) is 0.684. The fourth-order valence-electron chi connectivity index (χ4n) is 2.71. The predicted molar refractivity (Wildman–Crippen MR) is 68.5 cm³/mol. The van der Waals surface area contributed by atoms with Gasteiger partial charge in [-0.1, -0.05) is 18.2 Å². The summed E-state index contributed by atoms with van der Waals surface area (Å²) in [4.78, 5) is 12.3. The van der Waals surface area contributed by atoms with Crippen LogP contribution < -0.4 is 15.8 Å². The van der Waals surface area contributed by atoms with Crippen LogP contribution in [0.5, 0.6) is 5.75 Å². The number of benzene rings is 1. The largest absolute Gasteiger partial charge is 0.492 e. The minimum Gasteiger partial charge on any atom is -0.492 e. The molecule has 2 aliphatic rings. The maximum atomic E-state index is 12.3. The molecule has 0 spiro atoms. The second-order valence-corrected chi connectivity index (χ2v) is 5.23. The van der Waals surface area contributed by atoms with E-state index < -0.39 is 0 Å². The highest BCUT2D eigenvalue weighted by atomic mass is 16.5. The molecule has 1 atom stereocenters. The highest BCUT2D eigenvalue weighted by Gasteiger charge is 2.40. The Kier molecular flexibility index (Phi) is 2.74. The summed E-state index contributed by atoms with van der Waals surface area (Å²) in [6.45, 7) is 0.958. The standard InChI is InChI=1S/C14H18N2O2/c15-9-14(6-3-7-14)16-13(17)11-8-18-12-5-2-1-4-10(11)12/h1-2,4-5,11H,3,6-9,15H2,(H,16,17). The van der Waals surface area contributed by atoms with E-state index in [1.54, 1.807) is 0 Å². The molecule has 1 aliphatic heterocycles. The number of hydrogen-bond donors (Lipinski definition) is 2. The predicted octanol–water partition coefficient (Wildman–Crippen LogP) is 1.16. The van der Waals surface area contributed by atoms with E-state index in [0.29, 0.717) is 13.2 Å². The van der Waals surface area contributed by atoms with Crippen molar-refractivity contribution in [3.05, 3.63) is 29.8 Å². The molecule has 4 heteroatoms. The Morgan fingerprint density at radius 2 is 2.22 bits per heavy atom. The van der Waals surface area contributed by atoms with Crippen molar-refractivity contribution in [3.8, 4) is 5.75 Å². The van der Waals surface area contributed by atoms with Crippen LogP contribution in [0.25, 0.3) is 0 Å². The number of nitrogens with one attached hydrogen (secondary N) is 1. The molecule has 0 bridgehead atoms. The van der Waals surface area contributed by atoms with E-state index >= 15 is 0 Å². The molecule has 0 radical (unpaired) electrons. The first-order chi connectivity index (χ1) is 8.74. The maximum absolute atomic E-state index is 12.3. The summed E-state index contributed by atoms with van der Waals surface area (Å²) in [5.41, 5.74) is 6.59. The van der Waals surface area contributed by atoms with Gasteiger partial charge >= 0.3 is 0 Å². The van der Waals surface area contributed by atoms with E-state index in [9.17, 15) is 4.79 Å². The Bertz CT molecular complexity index is 463. The summed E-state index contributed by atoms with van der Waals surface area (Å²) in [6.07, 6.45) is 3.13. The Balaban J connectivity index is 1.75. The molecular formula is C14H18N2O2. The molecule has 96 valence electrons. The number of nitrogens with two attached hydrogens (primary N) is 1. The van der Waals surface area contributed by atoms with E-state index in [1.165, 1.54) is 0 Å². The summed E-state index contributed by atoms with van der Waals surface area (Å²) in [6, 6.07) is 7.73. The SMILES string of the molecule is NCC1(NC(=O)C2COc3ccccc32)CCC1. The van der Waals surface area contributed by atoms with Gasteiger partial charge in [0, 0.05) is 12.1 Å². The fraction of sp³-hybridized carbons (Fsp3) is 0.500. The topological polar surface area (TPSA) is 64.3 Å². The lowest BCUT2D eigenvalue weighted by Crippen LogP contribution is -2.59. The van der Waals surface area contributed by atoms with Crippen LogP contribution in [0.1, 0.15) is 30.7 Å². The van der Waals surface area contributed by atoms with Gasteiger partial charge in [-0.3, -0.25) is 4.79 Å². The van der Waals surface area contributed by atoms with Gasteiger partial charge < -0.3 is 15.8 Å². The monoisotopic (exact) mass is 246 g/mol. The van der Waals surface area contributed by atoms with Gasteiger partial charge in [-0.2, -0.15) is 0 Å². The van der Waals surface area contributed by atoms with Crippen LogP contribution in [-0.4, -0.2) is 24.6 Å². The highest BCUT2D eigenvalue weighted by Crippen LogP contribution is 2.36. The van der Waals surface area contributed by atoms with Crippen LogP contribution in [0.15, 0.2) is 24.3 Å². The second-order valence-electron chi connectivity index (χ2n) is 5.23. The molecule has 1 aromatic carbocycles. The summed E-state index contributed by atoms with van der Waals surface area (Å²) < 4.78 is 5.54. The zero-order valence-corrected chi connectivity index (χ0v) is 10.3. The molecule has 1 amide bonds. The molecular weight excluding hydrogens is 228 g/mol. The van der Waals surface area contributed by atoms with Gasteiger partial charge in [-0.25, -0.2) is 0 Å².